The Morgan fingerprint density at radius 1 is 0.939 bits per heavy atom. The van der Waals surface area contributed by atoms with Crippen LogP contribution in [0, 0.1) is 27.7 Å². The van der Waals surface area contributed by atoms with E-state index in [1.807, 2.05) is 56.3 Å². The highest BCUT2D eigenvalue weighted by atomic mass is 35.5. The maximum atomic E-state index is 12.7. The summed E-state index contributed by atoms with van der Waals surface area (Å²) < 4.78 is 7.72. The van der Waals surface area contributed by atoms with Crippen LogP contribution in [0.4, 0.5) is 5.69 Å². The summed E-state index contributed by atoms with van der Waals surface area (Å²) in [5.41, 5.74) is 7.40. The zero-order valence-electron chi connectivity index (χ0n) is 19.1. The molecule has 0 atom stereocenters. The molecule has 0 fully saturated rings. The number of amides is 1. The number of halogens is 1. The predicted octanol–water partition coefficient (Wildman–Crippen LogP) is 6.59. The molecule has 3 aromatic carbocycles. The van der Waals surface area contributed by atoms with Gasteiger partial charge in [-0.25, -0.2) is 4.68 Å². The lowest BCUT2D eigenvalue weighted by Crippen LogP contribution is -2.12. The summed E-state index contributed by atoms with van der Waals surface area (Å²) in [6, 6.07) is 20.9. The first-order valence-corrected chi connectivity index (χ1v) is 11.1. The van der Waals surface area contributed by atoms with Crippen LogP contribution in [0.2, 0.25) is 5.02 Å². The van der Waals surface area contributed by atoms with Gasteiger partial charge in [0.15, 0.2) is 0 Å². The molecule has 0 saturated heterocycles. The third kappa shape index (κ3) is 4.94. The molecular weight excluding hydrogens is 434 g/mol. The number of nitrogens with zero attached hydrogens (tertiary/aromatic N) is 2. The Morgan fingerprint density at radius 3 is 2.15 bits per heavy atom. The molecule has 0 radical (unpaired) electrons. The smallest absolute Gasteiger partial charge is 0.255 e. The van der Waals surface area contributed by atoms with Crippen molar-refractivity contribution in [1.29, 1.82) is 0 Å². The predicted molar refractivity (Wildman–Crippen MR) is 133 cm³/mol. The van der Waals surface area contributed by atoms with Crippen LogP contribution in [0.15, 0.2) is 66.7 Å². The fraction of sp³-hybridized carbons (Fsp3) is 0.185. The van der Waals surface area contributed by atoms with E-state index < -0.39 is 0 Å². The molecular formula is C27H26ClN3O2. The standard InChI is InChI=1S/C27H26ClN3O2/c1-17-6-5-7-18(2)25(17)16-33-24-14-8-21(9-15-24)27(32)29-22-10-12-23(13-11-22)31-20(4)26(28)19(3)30-31/h5-15H,16H2,1-4H3,(H,29,32). The van der Waals surface area contributed by atoms with Gasteiger partial charge in [-0.3, -0.25) is 4.79 Å². The molecule has 0 saturated carbocycles. The van der Waals surface area contributed by atoms with E-state index in [9.17, 15) is 4.79 Å². The van der Waals surface area contributed by atoms with E-state index in [0.717, 1.165) is 22.8 Å². The number of carbonyl (C=O) groups excluding carboxylic acids is 1. The van der Waals surface area contributed by atoms with Gasteiger partial charge in [0.25, 0.3) is 5.91 Å². The first kappa shape index (κ1) is 22.6. The largest absolute Gasteiger partial charge is 0.489 e. The van der Waals surface area contributed by atoms with Crippen molar-refractivity contribution in [1.82, 2.24) is 9.78 Å². The molecule has 1 amide bonds. The first-order chi connectivity index (χ1) is 15.8. The molecule has 33 heavy (non-hydrogen) atoms. The summed E-state index contributed by atoms with van der Waals surface area (Å²) in [5.74, 6) is 0.542. The molecule has 4 rings (SSSR count). The van der Waals surface area contributed by atoms with Crippen LogP contribution in [0.5, 0.6) is 5.75 Å². The summed E-state index contributed by atoms with van der Waals surface area (Å²) >= 11 is 6.24. The van der Waals surface area contributed by atoms with Gasteiger partial charge in [0, 0.05) is 11.3 Å². The summed E-state index contributed by atoms with van der Waals surface area (Å²) in [5, 5.41) is 8.04. The number of rotatable bonds is 6. The normalized spacial score (nSPS) is 10.8. The Kier molecular flexibility index (Phi) is 6.52. The second kappa shape index (κ2) is 9.51. The highest BCUT2D eigenvalue weighted by Crippen LogP contribution is 2.24. The Balaban J connectivity index is 1.39. The SMILES string of the molecule is Cc1cccc(C)c1COc1ccc(C(=O)Nc2ccc(-n3nc(C)c(Cl)c3C)cc2)cc1. The quantitative estimate of drug-likeness (QED) is 0.354. The minimum Gasteiger partial charge on any atom is -0.489 e. The topological polar surface area (TPSA) is 56.1 Å². The van der Waals surface area contributed by atoms with Gasteiger partial charge in [0.1, 0.15) is 12.4 Å². The van der Waals surface area contributed by atoms with Crippen LogP contribution in [0.25, 0.3) is 5.69 Å². The molecule has 0 aliphatic carbocycles. The van der Waals surface area contributed by atoms with E-state index in [1.165, 1.54) is 16.7 Å². The van der Waals surface area contributed by atoms with Gasteiger partial charge in [0.05, 0.1) is 22.1 Å². The van der Waals surface area contributed by atoms with Gasteiger partial charge in [-0.05, 0) is 92.9 Å². The van der Waals surface area contributed by atoms with E-state index in [-0.39, 0.29) is 5.91 Å². The number of anilines is 1. The van der Waals surface area contributed by atoms with Crippen molar-refractivity contribution in [3.05, 3.63) is 105 Å². The molecule has 0 aliphatic rings. The zero-order valence-corrected chi connectivity index (χ0v) is 19.9. The van der Waals surface area contributed by atoms with Crippen LogP contribution in [-0.4, -0.2) is 15.7 Å². The number of benzene rings is 3. The molecule has 1 N–H and O–H groups in total. The van der Waals surface area contributed by atoms with Gasteiger partial charge in [0.2, 0.25) is 0 Å². The molecule has 0 bridgehead atoms. The maximum Gasteiger partial charge on any atom is 0.255 e. The van der Waals surface area contributed by atoms with E-state index in [4.69, 9.17) is 16.3 Å². The number of aryl methyl sites for hydroxylation is 3. The van der Waals surface area contributed by atoms with Gasteiger partial charge in [-0.1, -0.05) is 29.8 Å². The first-order valence-electron chi connectivity index (χ1n) is 10.7. The summed E-state index contributed by atoms with van der Waals surface area (Å²) in [6.45, 7) is 8.46. The monoisotopic (exact) mass is 459 g/mol. The van der Waals surface area contributed by atoms with Crippen molar-refractivity contribution in [3.63, 3.8) is 0 Å². The van der Waals surface area contributed by atoms with Crippen molar-refractivity contribution in [2.45, 2.75) is 34.3 Å². The lowest BCUT2D eigenvalue weighted by Gasteiger charge is -2.12. The Hall–Kier alpha value is -3.57. The zero-order chi connectivity index (χ0) is 23.5. The minimum atomic E-state index is -0.182. The van der Waals surface area contributed by atoms with Crippen LogP contribution >= 0.6 is 11.6 Å². The molecule has 168 valence electrons. The number of ether oxygens (including phenoxy) is 1. The second-order valence-electron chi connectivity index (χ2n) is 8.08. The molecule has 0 aliphatic heterocycles. The number of carbonyl (C=O) groups is 1. The van der Waals surface area contributed by atoms with E-state index in [0.29, 0.717) is 22.9 Å². The fourth-order valence-corrected chi connectivity index (χ4v) is 3.82. The third-order valence-electron chi connectivity index (χ3n) is 5.72. The lowest BCUT2D eigenvalue weighted by atomic mass is 10.0. The molecule has 0 spiro atoms. The molecule has 1 aromatic heterocycles. The van der Waals surface area contributed by atoms with Crippen molar-refractivity contribution in [2.75, 3.05) is 5.32 Å². The Bertz CT molecular complexity index is 1270. The van der Waals surface area contributed by atoms with Crippen molar-refractivity contribution in [3.8, 4) is 11.4 Å². The van der Waals surface area contributed by atoms with Crippen LogP contribution in [0.3, 0.4) is 0 Å². The summed E-state index contributed by atoms with van der Waals surface area (Å²) in [6.07, 6.45) is 0. The Morgan fingerprint density at radius 2 is 1.58 bits per heavy atom. The maximum absolute atomic E-state index is 12.7. The molecule has 6 heteroatoms. The summed E-state index contributed by atoms with van der Waals surface area (Å²) in [7, 11) is 0. The van der Waals surface area contributed by atoms with Crippen LogP contribution in [0.1, 0.15) is 38.4 Å². The molecule has 5 nitrogen and oxygen atoms in total. The Labute approximate surface area is 199 Å². The van der Waals surface area contributed by atoms with Gasteiger partial charge < -0.3 is 10.1 Å². The highest BCUT2D eigenvalue weighted by Gasteiger charge is 2.11. The fourth-order valence-electron chi connectivity index (χ4n) is 3.70. The van der Waals surface area contributed by atoms with Crippen LogP contribution in [-0.2, 0) is 6.61 Å². The lowest BCUT2D eigenvalue weighted by molar-refractivity contribution is 0.102. The number of hydrogen-bond acceptors (Lipinski definition) is 3. The second-order valence-corrected chi connectivity index (χ2v) is 8.46. The molecule has 1 heterocycles. The third-order valence-corrected chi connectivity index (χ3v) is 6.26. The number of aromatic nitrogens is 2. The average molecular weight is 460 g/mol. The van der Waals surface area contributed by atoms with Gasteiger partial charge in [-0.15, -0.1) is 0 Å². The van der Waals surface area contributed by atoms with Gasteiger partial charge in [-0.2, -0.15) is 5.10 Å². The van der Waals surface area contributed by atoms with Crippen molar-refractivity contribution < 1.29 is 9.53 Å². The summed E-state index contributed by atoms with van der Waals surface area (Å²) in [4.78, 5) is 12.7. The van der Waals surface area contributed by atoms with Crippen molar-refractivity contribution >= 4 is 23.2 Å². The van der Waals surface area contributed by atoms with Gasteiger partial charge >= 0.3 is 0 Å². The number of hydrogen-bond donors (Lipinski definition) is 1. The molecule has 0 unspecified atom stereocenters. The van der Waals surface area contributed by atoms with E-state index in [1.54, 1.807) is 16.8 Å². The minimum absolute atomic E-state index is 0.182. The van der Waals surface area contributed by atoms with Crippen LogP contribution < -0.4 is 10.1 Å². The van der Waals surface area contributed by atoms with Crippen molar-refractivity contribution in [2.24, 2.45) is 0 Å². The highest BCUT2D eigenvalue weighted by molar-refractivity contribution is 6.31. The number of nitrogens with one attached hydrogen (secondary N) is 1. The van der Waals surface area contributed by atoms with E-state index in [2.05, 4.69) is 36.4 Å². The van der Waals surface area contributed by atoms with E-state index >= 15 is 0 Å². The molecule has 4 aromatic rings. The average Bonchev–Trinajstić information content (AvgIpc) is 3.07.